The molecule has 78 valence electrons. The van der Waals surface area contributed by atoms with E-state index in [1.54, 1.807) is 11.0 Å². The molecule has 0 fully saturated rings. The summed E-state index contributed by atoms with van der Waals surface area (Å²) in [6, 6.07) is 0.185. The topological polar surface area (TPSA) is 66.6 Å². The Balaban J connectivity index is 2.86. The predicted octanol–water partition coefficient (Wildman–Crippen LogP) is 0.998. The number of oxazole rings is 1. The van der Waals surface area contributed by atoms with Gasteiger partial charge in [0.05, 0.1) is 6.54 Å². The third-order valence-electron chi connectivity index (χ3n) is 1.61. The van der Waals surface area contributed by atoms with Crippen molar-refractivity contribution in [2.75, 3.05) is 18.0 Å². The molecule has 0 aliphatic carbocycles. The highest BCUT2D eigenvalue weighted by Gasteiger charge is 2.14. The summed E-state index contributed by atoms with van der Waals surface area (Å²) in [4.78, 5) is 15.9. The second-order valence-corrected chi connectivity index (χ2v) is 2.69. The van der Waals surface area contributed by atoms with Crippen molar-refractivity contribution in [2.45, 2.75) is 0 Å². The summed E-state index contributed by atoms with van der Waals surface area (Å²) in [5.74, 6) is 1.29. The van der Waals surface area contributed by atoms with Crippen LogP contribution in [0.2, 0.25) is 0 Å². The molecule has 0 saturated heterocycles. The Hall–Kier alpha value is -2.22. The van der Waals surface area contributed by atoms with Crippen LogP contribution >= 0.6 is 0 Å². The Morgan fingerprint density at radius 1 is 1.87 bits per heavy atom. The summed E-state index contributed by atoms with van der Waals surface area (Å²) >= 11 is 0. The van der Waals surface area contributed by atoms with Gasteiger partial charge in [0, 0.05) is 6.54 Å². The quantitative estimate of drug-likeness (QED) is 0.575. The molecule has 1 heterocycles. The Kier molecular flexibility index (Phi) is 3.52. The molecule has 1 aromatic heterocycles. The van der Waals surface area contributed by atoms with Crippen LogP contribution < -0.4 is 4.90 Å². The second-order valence-electron chi connectivity index (χ2n) is 2.69. The lowest BCUT2D eigenvalue weighted by Crippen LogP contribution is -2.23. The molecule has 15 heavy (non-hydrogen) atoms. The Morgan fingerprint density at radius 2 is 2.60 bits per heavy atom. The van der Waals surface area contributed by atoms with Gasteiger partial charge < -0.3 is 14.4 Å². The number of rotatable bonds is 5. The van der Waals surface area contributed by atoms with E-state index < -0.39 is 5.97 Å². The maximum atomic E-state index is 10.6. The van der Waals surface area contributed by atoms with Crippen LogP contribution in [-0.4, -0.2) is 29.1 Å². The fourth-order valence-corrected chi connectivity index (χ4v) is 0.984. The minimum absolute atomic E-state index is 0.143. The number of anilines is 1. The fraction of sp³-hybridized carbons (Fsp3) is 0.200. The summed E-state index contributed by atoms with van der Waals surface area (Å²) in [6.45, 7) is 4.29. The number of hydrogen-bond donors (Lipinski definition) is 1. The van der Waals surface area contributed by atoms with Gasteiger partial charge >= 0.3 is 5.97 Å². The third kappa shape index (κ3) is 2.61. The van der Waals surface area contributed by atoms with E-state index in [4.69, 9.17) is 15.9 Å². The Bertz CT molecular complexity index is 403. The van der Waals surface area contributed by atoms with E-state index >= 15 is 0 Å². The van der Waals surface area contributed by atoms with Crippen molar-refractivity contribution in [3.05, 3.63) is 24.6 Å². The maximum Gasteiger partial charge on any atom is 0.357 e. The summed E-state index contributed by atoms with van der Waals surface area (Å²) < 4.78 is 4.98. The summed E-state index contributed by atoms with van der Waals surface area (Å²) in [5, 5.41) is 8.64. The van der Waals surface area contributed by atoms with E-state index in [1.165, 1.54) is 0 Å². The summed E-state index contributed by atoms with van der Waals surface area (Å²) in [5.41, 5.74) is -0.143. The molecule has 0 saturated carbocycles. The molecule has 5 nitrogen and oxygen atoms in total. The molecule has 5 heteroatoms. The lowest BCUT2D eigenvalue weighted by molar-refractivity contribution is 0.0690. The van der Waals surface area contributed by atoms with Gasteiger partial charge in [-0.05, 0) is 0 Å². The van der Waals surface area contributed by atoms with Crippen molar-refractivity contribution < 1.29 is 14.3 Å². The zero-order chi connectivity index (χ0) is 11.3. The van der Waals surface area contributed by atoms with Crippen molar-refractivity contribution in [3.8, 4) is 12.3 Å². The number of carboxylic acids is 1. The number of nitrogens with zero attached hydrogens (tertiary/aromatic N) is 2. The van der Waals surface area contributed by atoms with Crippen molar-refractivity contribution in [1.82, 2.24) is 4.98 Å². The number of carbonyl (C=O) groups is 1. The van der Waals surface area contributed by atoms with Gasteiger partial charge in [-0.15, -0.1) is 13.0 Å². The van der Waals surface area contributed by atoms with Crippen molar-refractivity contribution in [3.63, 3.8) is 0 Å². The molecule has 1 rings (SSSR count). The van der Waals surface area contributed by atoms with Gasteiger partial charge in [0.25, 0.3) is 6.01 Å². The monoisotopic (exact) mass is 206 g/mol. The highest BCUT2D eigenvalue weighted by Crippen LogP contribution is 2.12. The van der Waals surface area contributed by atoms with Crippen LogP contribution in [0.4, 0.5) is 6.01 Å². The molecule has 0 aliphatic heterocycles. The molecule has 1 aromatic rings. The molecule has 0 aliphatic rings. The van der Waals surface area contributed by atoms with E-state index in [0.717, 1.165) is 6.26 Å². The molecule has 0 bridgehead atoms. The molecule has 1 N–H and O–H groups in total. The second kappa shape index (κ2) is 4.86. The SMILES string of the molecule is C#CCN(CC=C)c1nc(C(=O)O)co1. The lowest BCUT2D eigenvalue weighted by atomic mass is 10.5. The van der Waals surface area contributed by atoms with Gasteiger partial charge in [-0.3, -0.25) is 0 Å². The van der Waals surface area contributed by atoms with E-state index in [-0.39, 0.29) is 18.3 Å². The van der Waals surface area contributed by atoms with Crippen LogP contribution in [0, 0.1) is 12.3 Å². The van der Waals surface area contributed by atoms with Crippen LogP contribution in [0.5, 0.6) is 0 Å². The first kappa shape index (κ1) is 10.9. The van der Waals surface area contributed by atoms with Gasteiger partial charge in [0.2, 0.25) is 0 Å². The zero-order valence-electron chi connectivity index (χ0n) is 8.01. The largest absolute Gasteiger partial charge is 0.476 e. The van der Waals surface area contributed by atoms with Gasteiger partial charge in [-0.25, -0.2) is 4.79 Å². The Labute approximate surface area is 87.0 Å². The molecule has 0 aromatic carbocycles. The molecule has 0 radical (unpaired) electrons. The average Bonchev–Trinajstić information content (AvgIpc) is 2.66. The number of carboxylic acid groups (broad SMARTS) is 1. The van der Waals surface area contributed by atoms with E-state index in [2.05, 4.69) is 17.5 Å². The molecular formula is C10H10N2O3. The van der Waals surface area contributed by atoms with Crippen molar-refractivity contribution in [2.24, 2.45) is 0 Å². The number of aromatic nitrogens is 1. The number of hydrogen-bond acceptors (Lipinski definition) is 4. The normalized spacial score (nSPS) is 9.27. The van der Waals surface area contributed by atoms with E-state index in [1.807, 2.05) is 0 Å². The summed E-state index contributed by atoms with van der Waals surface area (Å²) in [6.07, 6.45) is 7.85. The highest BCUT2D eigenvalue weighted by atomic mass is 16.4. The van der Waals surface area contributed by atoms with E-state index in [9.17, 15) is 4.79 Å². The first-order chi connectivity index (χ1) is 7.19. The summed E-state index contributed by atoms with van der Waals surface area (Å²) in [7, 11) is 0. The van der Waals surface area contributed by atoms with Gasteiger partial charge in [0.15, 0.2) is 5.69 Å². The van der Waals surface area contributed by atoms with Crippen LogP contribution in [0.25, 0.3) is 0 Å². The highest BCUT2D eigenvalue weighted by molar-refractivity contribution is 5.85. The minimum Gasteiger partial charge on any atom is -0.476 e. The average molecular weight is 206 g/mol. The van der Waals surface area contributed by atoms with E-state index in [0.29, 0.717) is 6.54 Å². The van der Waals surface area contributed by atoms with Crippen LogP contribution in [0.15, 0.2) is 23.3 Å². The first-order valence-corrected chi connectivity index (χ1v) is 4.17. The standard InChI is InChI=1S/C10H10N2O3/c1-3-5-12(6-4-2)10-11-8(7-15-10)9(13)14/h1,4,7H,2,5-6H2,(H,13,14). The van der Waals surface area contributed by atoms with Crippen molar-refractivity contribution in [1.29, 1.82) is 0 Å². The van der Waals surface area contributed by atoms with Crippen molar-refractivity contribution >= 4 is 12.0 Å². The molecule has 0 unspecified atom stereocenters. The fourth-order valence-electron chi connectivity index (χ4n) is 0.984. The van der Waals surface area contributed by atoms with Gasteiger partial charge in [-0.1, -0.05) is 12.0 Å². The maximum absolute atomic E-state index is 10.6. The minimum atomic E-state index is -1.13. The van der Waals surface area contributed by atoms with Crippen LogP contribution in [0.3, 0.4) is 0 Å². The predicted molar refractivity (Wildman–Crippen MR) is 54.7 cm³/mol. The van der Waals surface area contributed by atoms with Gasteiger partial charge in [-0.2, -0.15) is 4.98 Å². The molecule has 0 atom stereocenters. The molecular weight excluding hydrogens is 196 g/mol. The molecule has 0 amide bonds. The van der Waals surface area contributed by atoms with Crippen LogP contribution in [0.1, 0.15) is 10.5 Å². The number of aromatic carboxylic acids is 1. The van der Waals surface area contributed by atoms with Crippen LogP contribution in [-0.2, 0) is 0 Å². The van der Waals surface area contributed by atoms with Gasteiger partial charge in [0.1, 0.15) is 6.26 Å². The lowest BCUT2D eigenvalue weighted by Gasteiger charge is -2.14. The molecule has 0 spiro atoms. The third-order valence-corrected chi connectivity index (χ3v) is 1.61. The smallest absolute Gasteiger partial charge is 0.357 e. The number of terminal acetylenes is 1. The Morgan fingerprint density at radius 3 is 3.07 bits per heavy atom. The first-order valence-electron chi connectivity index (χ1n) is 4.17. The zero-order valence-corrected chi connectivity index (χ0v) is 8.01.